The fourth-order valence-electron chi connectivity index (χ4n) is 1.81. The predicted molar refractivity (Wildman–Crippen MR) is 77.2 cm³/mol. The normalized spacial score (nSPS) is 12.2. The van der Waals surface area contributed by atoms with E-state index in [-0.39, 0.29) is 12.3 Å². The topological polar surface area (TPSA) is 62.5 Å². The van der Waals surface area contributed by atoms with Crippen LogP contribution in [0.15, 0.2) is 34.9 Å². The Morgan fingerprint density at radius 2 is 2.00 bits per heavy atom. The number of rotatable bonds is 4. The smallest absolute Gasteiger partial charge is 0.287 e. The third-order valence-electron chi connectivity index (χ3n) is 2.86. The molecule has 1 amide bonds. The lowest BCUT2D eigenvalue weighted by atomic mass is 10.1. The molecule has 0 aliphatic rings. The molecule has 0 aliphatic heterocycles. The van der Waals surface area contributed by atoms with Crippen LogP contribution in [-0.4, -0.2) is 17.6 Å². The Morgan fingerprint density at radius 3 is 2.55 bits per heavy atom. The van der Waals surface area contributed by atoms with Gasteiger partial charge in [-0.15, -0.1) is 0 Å². The third kappa shape index (κ3) is 3.15. The molecule has 1 aromatic carbocycles. The number of aliphatic hydroxyl groups is 1. The first-order valence-corrected chi connectivity index (χ1v) is 6.70. The van der Waals surface area contributed by atoms with Crippen molar-refractivity contribution in [3.05, 3.63) is 57.5 Å². The fourth-order valence-corrected chi connectivity index (χ4v) is 2.46. The Kier molecular flexibility index (Phi) is 4.70. The van der Waals surface area contributed by atoms with Crippen LogP contribution in [0.5, 0.6) is 0 Å². The number of aryl methyl sites for hydroxylation is 1. The summed E-state index contributed by atoms with van der Waals surface area (Å²) in [5, 5.41) is 13.4. The van der Waals surface area contributed by atoms with Crippen molar-refractivity contribution < 1.29 is 14.3 Å². The van der Waals surface area contributed by atoms with Crippen LogP contribution in [0, 0.1) is 6.92 Å². The van der Waals surface area contributed by atoms with Gasteiger partial charge in [-0.2, -0.15) is 0 Å². The molecule has 20 heavy (non-hydrogen) atoms. The van der Waals surface area contributed by atoms with Crippen LogP contribution in [0.1, 0.15) is 27.8 Å². The molecule has 0 fully saturated rings. The predicted octanol–water partition coefficient (Wildman–Crippen LogP) is 3.36. The quantitative estimate of drug-likeness (QED) is 0.909. The lowest BCUT2D eigenvalue weighted by molar-refractivity contribution is 0.0888. The molecule has 4 nitrogen and oxygen atoms in total. The van der Waals surface area contributed by atoms with Gasteiger partial charge in [-0.05, 0) is 25.1 Å². The van der Waals surface area contributed by atoms with Crippen LogP contribution in [-0.2, 0) is 0 Å². The summed E-state index contributed by atoms with van der Waals surface area (Å²) in [4.78, 5) is 11.9. The van der Waals surface area contributed by atoms with Crippen molar-refractivity contribution in [3.8, 4) is 0 Å². The number of halogens is 2. The number of nitrogens with one attached hydrogen (secondary N) is 1. The van der Waals surface area contributed by atoms with E-state index in [0.29, 0.717) is 15.6 Å². The van der Waals surface area contributed by atoms with Gasteiger partial charge >= 0.3 is 0 Å². The van der Waals surface area contributed by atoms with Crippen molar-refractivity contribution in [2.45, 2.75) is 13.0 Å². The maximum Gasteiger partial charge on any atom is 0.287 e. The van der Waals surface area contributed by atoms with E-state index < -0.39 is 12.0 Å². The van der Waals surface area contributed by atoms with Crippen LogP contribution in [0.25, 0.3) is 0 Å². The van der Waals surface area contributed by atoms with Crippen LogP contribution in [0.4, 0.5) is 0 Å². The van der Waals surface area contributed by atoms with Gasteiger partial charge in [-0.3, -0.25) is 4.79 Å². The zero-order valence-electron chi connectivity index (χ0n) is 10.7. The standard InChI is InChI=1S/C14H13Cl2NO3/c1-8-5-6-20-13(8)14(19)17-7-11(18)12-9(15)3-2-4-10(12)16/h2-6,11,18H,7H2,1H3,(H,17,19). The number of aliphatic hydroxyl groups excluding tert-OH is 1. The molecule has 106 valence electrons. The second-order valence-corrected chi connectivity index (χ2v) is 5.11. The number of amides is 1. The molecule has 0 radical (unpaired) electrons. The summed E-state index contributed by atoms with van der Waals surface area (Å²) in [6, 6.07) is 6.64. The zero-order valence-corrected chi connectivity index (χ0v) is 12.2. The minimum atomic E-state index is -0.990. The van der Waals surface area contributed by atoms with Crippen LogP contribution < -0.4 is 5.32 Å². The third-order valence-corrected chi connectivity index (χ3v) is 3.52. The van der Waals surface area contributed by atoms with E-state index >= 15 is 0 Å². The Labute approximate surface area is 126 Å². The monoisotopic (exact) mass is 313 g/mol. The van der Waals surface area contributed by atoms with Crippen molar-refractivity contribution in [3.63, 3.8) is 0 Å². The molecular weight excluding hydrogens is 301 g/mol. The van der Waals surface area contributed by atoms with Gasteiger partial charge in [0.25, 0.3) is 5.91 Å². The van der Waals surface area contributed by atoms with Gasteiger partial charge in [-0.25, -0.2) is 0 Å². The van der Waals surface area contributed by atoms with E-state index in [0.717, 1.165) is 5.56 Å². The Balaban J connectivity index is 2.04. The van der Waals surface area contributed by atoms with E-state index in [4.69, 9.17) is 27.6 Å². The van der Waals surface area contributed by atoms with Crippen LogP contribution in [0.3, 0.4) is 0 Å². The maximum absolute atomic E-state index is 11.9. The van der Waals surface area contributed by atoms with Crippen molar-refractivity contribution in [1.82, 2.24) is 5.32 Å². The summed E-state index contributed by atoms with van der Waals surface area (Å²) in [5.41, 5.74) is 1.13. The number of carbonyl (C=O) groups excluding carboxylic acids is 1. The highest BCUT2D eigenvalue weighted by Crippen LogP contribution is 2.29. The molecule has 6 heteroatoms. The van der Waals surface area contributed by atoms with Crippen LogP contribution >= 0.6 is 23.2 Å². The molecule has 0 saturated carbocycles. The number of furan rings is 1. The molecule has 1 heterocycles. The van der Waals surface area contributed by atoms with E-state index in [2.05, 4.69) is 5.32 Å². The molecule has 1 atom stereocenters. The molecule has 1 unspecified atom stereocenters. The Bertz CT molecular complexity index is 604. The number of hydrogen-bond acceptors (Lipinski definition) is 3. The second kappa shape index (κ2) is 6.31. The molecule has 0 saturated heterocycles. The molecule has 0 aliphatic carbocycles. The second-order valence-electron chi connectivity index (χ2n) is 4.29. The van der Waals surface area contributed by atoms with E-state index in [1.807, 2.05) is 0 Å². The zero-order chi connectivity index (χ0) is 14.7. The average Bonchev–Trinajstić information content (AvgIpc) is 2.82. The highest BCUT2D eigenvalue weighted by molar-refractivity contribution is 6.36. The summed E-state index contributed by atoms with van der Waals surface area (Å²) < 4.78 is 5.07. The SMILES string of the molecule is Cc1ccoc1C(=O)NCC(O)c1c(Cl)cccc1Cl. The summed E-state index contributed by atoms with van der Waals surface area (Å²) in [6.45, 7) is 1.75. The number of benzene rings is 1. The van der Waals surface area contributed by atoms with E-state index in [1.165, 1.54) is 6.26 Å². The minimum Gasteiger partial charge on any atom is -0.459 e. The van der Waals surface area contributed by atoms with Gasteiger partial charge in [-0.1, -0.05) is 29.3 Å². The first-order chi connectivity index (χ1) is 9.50. The highest BCUT2D eigenvalue weighted by atomic mass is 35.5. The van der Waals surface area contributed by atoms with Gasteiger partial charge in [0.1, 0.15) is 0 Å². The van der Waals surface area contributed by atoms with Crippen LogP contribution in [0.2, 0.25) is 10.0 Å². The van der Waals surface area contributed by atoms with Gasteiger partial charge < -0.3 is 14.8 Å². The minimum absolute atomic E-state index is 0.0115. The average molecular weight is 314 g/mol. The van der Waals surface area contributed by atoms with Gasteiger partial charge in [0.2, 0.25) is 0 Å². The molecular formula is C14H13Cl2NO3. The molecule has 0 bridgehead atoms. The Hall–Kier alpha value is -1.49. The first kappa shape index (κ1) is 14.9. The largest absolute Gasteiger partial charge is 0.459 e. The fraction of sp³-hybridized carbons (Fsp3) is 0.214. The van der Waals surface area contributed by atoms with E-state index in [9.17, 15) is 9.90 Å². The van der Waals surface area contributed by atoms with Crippen molar-refractivity contribution in [2.24, 2.45) is 0 Å². The Morgan fingerprint density at radius 1 is 1.35 bits per heavy atom. The number of hydrogen-bond donors (Lipinski definition) is 2. The van der Waals surface area contributed by atoms with Crippen molar-refractivity contribution in [1.29, 1.82) is 0 Å². The van der Waals surface area contributed by atoms with Gasteiger partial charge in [0.15, 0.2) is 5.76 Å². The number of carbonyl (C=O) groups is 1. The molecule has 2 rings (SSSR count). The summed E-state index contributed by atoms with van der Waals surface area (Å²) in [6.07, 6.45) is 0.446. The van der Waals surface area contributed by atoms with Gasteiger partial charge in [0.05, 0.1) is 12.4 Å². The summed E-state index contributed by atoms with van der Waals surface area (Å²) >= 11 is 12.0. The lowest BCUT2D eigenvalue weighted by Crippen LogP contribution is -2.28. The summed E-state index contributed by atoms with van der Waals surface area (Å²) in [5.74, 6) is -0.169. The van der Waals surface area contributed by atoms with Gasteiger partial charge in [0, 0.05) is 27.7 Å². The summed E-state index contributed by atoms with van der Waals surface area (Å²) in [7, 11) is 0. The first-order valence-electron chi connectivity index (χ1n) is 5.95. The van der Waals surface area contributed by atoms with E-state index in [1.54, 1.807) is 31.2 Å². The molecule has 2 N–H and O–H groups in total. The molecule has 0 spiro atoms. The molecule has 2 aromatic rings. The maximum atomic E-state index is 11.9. The van der Waals surface area contributed by atoms with Crippen molar-refractivity contribution >= 4 is 29.1 Å². The lowest BCUT2D eigenvalue weighted by Gasteiger charge is -2.14. The molecule has 1 aromatic heterocycles. The van der Waals surface area contributed by atoms with Crippen molar-refractivity contribution in [2.75, 3.05) is 6.54 Å². The highest BCUT2D eigenvalue weighted by Gasteiger charge is 2.18.